The van der Waals surface area contributed by atoms with Crippen LogP contribution in [-0.4, -0.2) is 32.9 Å². The van der Waals surface area contributed by atoms with E-state index in [4.69, 9.17) is 0 Å². The second kappa shape index (κ2) is 14.6. The van der Waals surface area contributed by atoms with Crippen LogP contribution in [0.5, 0.6) is 0 Å². The maximum atomic E-state index is 13.4. The van der Waals surface area contributed by atoms with Gasteiger partial charge in [-0.05, 0) is 73.0 Å². The van der Waals surface area contributed by atoms with Gasteiger partial charge >= 0.3 is 0 Å². The third-order valence-electron chi connectivity index (χ3n) is 6.24. The molecule has 0 spiro atoms. The number of thioether (sulfide) groups is 1. The fraction of sp³-hybridized carbons (Fsp3) is 0.125. The molecule has 43 heavy (non-hydrogen) atoms. The van der Waals surface area contributed by atoms with Gasteiger partial charge in [-0.3, -0.25) is 29.5 Å². The fourth-order valence-electron chi connectivity index (χ4n) is 4.02. The zero-order chi connectivity index (χ0) is 30.8. The molecule has 0 saturated heterocycles. The zero-order valence-corrected chi connectivity index (χ0v) is 24.3. The van der Waals surface area contributed by atoms with E-state index in [-0.39, 0.29) is 17.3 Å². The van der Waals surface area contributed by atoms with Crippen LogP contribution in [0.3, 0.4) is 0 Å². The summed E-state index contributed by atoms with van der Waals surface area (Å²) in [6.45, 7) is 3.58. The molecule has 1 heterocycles. The first-order valence-electron chi connectivity index (χ1n) is 13.4. The average molecular weight is 596 g/mol. The van der Waals surface area contributed by atoms with Crippen LogP contribution >= 0.6 is 11.8 Å². The third kappa shape index (κ3) is 8.60. The Morgan fingerprint density at radius 3 is 2.44 bits per heavy atom. The van der Waals surface area contributed by atoms with Gasteiger partial charge in [0, 0.05) is 46.4 Å². The van der Waals surface area contributed by atoms with E-state index in [0.29, 0.717) is 34.5 Å². The molecule has 10 nitrogen and oxygen atoms in total. The van der Waals surface area contributed by atoms with E-state index in [0.717, 1.165) is 4.90 Å². The molecule has 0 aliphatic heterocycles. The van der Waals surface area contributed by atoms with Crippen molar-refractivity contribution in [3.05, 3.63) is 130 Å². The van der Waals surface area contributed by atoms with Crippen LogP contribution in [0, 0.1) is 17.0 Å². The second-order valence-corrected chi connectivity index (χ2v) is 10.7. The van der Waals surface area contributed by atoms with Crippen LogP contribution in [-0.2, 0) is 9.59 Å². The quantitative estimate of drug-likeness (QED) is 0.0809. The Labute approximate surface area is 252 Å². The first-order valence-corrected chi connectivity index (χ1v) is 14.2. The van der Waals surface area contributed by atoms with Gasteiger partial charge in [-0.1, -0.05) is 37.3 Å². The number of benzene rings is 3. The molecule has 11 heteroatoms. The van der Waals surface area contributed by atoms with Crippen molar-refractivity contribution in [2.24, 2.45) is 0 Å². The third-order valence-corrected chi connectivity index (χ3v) is 7.59. The zero-order valence-electron chi connectivity index (χ0n) is 23.4. The molecule has 0 saturated carbocycles. The average Bonchev–Trinajstić information content (AvgIpc) is 3.01. The van der Waals surface area contributed by atoms with Crippen LogP contribution in [0.4, 0.5) is 17.1 Å². The summed E-state index contributed by atoms with van der Waals surface area (Å²) >= 11 is 1.33. The highest BCUT2D eigenvalue weighted by molar-refractivity contribution is 8.00. The predicted molar refractivity (Wildman–Crippen MR) is 168 cm³/mol. The van der Waals surface area contributed by atoms with Gasteiger partial charge < -0.3 is 16.0 Å². The molecule has 3 N–H and O–H groups in total. The lowest BCUT2D eigenvalue weighted by Gasteiger charge is -2.17. The molecular formula is C32H29N5O5S. The van der Waals surface area contributed by atoms with E-state index in [1.165, 1.54) is 30.0 Å². The lowest BCUT2D eigenvalue weighted by molar-refractivity contribution is -0.384. The number of aryl methyl sites for hydroxylation is 1. The Kier molecular flexibility index (Phi) is 10.4. The molecule has 0 bridgehead atoms. The minimum absolute atomic E-state index is 0.0317. The molecule has 4 rings (SSSR count). The Morgan fingerprint density at radius 1 is 0.977 bits per heavy atom. The van der Waals surface area contributed by atoms with Crippen LogP contribution in [0.15, 0.2) is 108 Å². The number of hydrogen-bond acceptors (Lipinski definition) is 7. The lowest BCUT2D eigenvalue weighted by Crippen LogP contribution is -2.30. The number of carbonyl (C=O) groups is 3. The predicted octanol–water partition coefficient (Wildman–Crippen LogP) is 6.22. The first-order chi connectivity index (χ1) is 20.7. The first kappa shape index (κ1) is 30.7. The van der Waals surface area contributed by atoms with E-state index < -0.39 is 22.0 Å². The lowest BCUT2D eigenvalue weighted by atomic mass is 10.1. The largest absolute Gasteiger partial charge is 0.325 e. The van der Waals surface area contributed by atoms with Crippen molar-refractivity contribution in [1.29, 1.82) is 0 Å². The highest BCUT2D eigenvalue weighted by atomic mass is 32.2. The molecule has 218 valence electrons. The van der Waals surface area contributed by atoms with Gasteiger partial charge in [0.2, 0.25) is 5.91 Å². The molecule has 3 aromatic carbocycles. The number of pyridine rings is 1. The summed E-state index contributed by atoms with van der Waals surface area (Å²) < 4.78 is 0. The number of nitro groups is 1. The van der Waals surface area contributed by atoms with Gasteiger partial charge in [0.1, 0.15) is 5.70 Å². The van der Waals surface area contributed by atoms with Crippen molar-refractivity contribution >= 4 is 52.6 Å². The standard InChI is InChI=1S/C32H29N5O5S/c1-3-29(32(40)35-27-15-14-25(37(41)42)17-21(27)2)43-26-13-7-12-24(19-26)34-31(39)28(18-22-9-8-16-33-20-22)36-30(38)23-10-5-4-6-11-23/h4-20,29H,3H2,1-2H3,(H,34,39)(H,35,40)(H,36,38)/b28-18-. The molecule has 0 radical (unpaired) electrons. The monoisotopic (exact) mass is 595 g/mol. The maximum Gasteiger partial charge on any atom is 0.272 e. The van der Waals surface area contributed by atoms with Crippen molar-refractivity contribution in [2.45, 2.75) is 30.4 Å². The molecule has 0 aliphatic rings. The van der Waals surface area contributed by atoms with Crippen LogP contribution in [0.25, 0.3) is 6.08 Å². The molecule has 0 aliphatic carbocycles. The summed E-state index contributed by atoms with van der Waals surface area (Å²) in [6.07, 6.45) is 5.25. The van der Waals surface area contributed by atoms with Crippen LogP contribution in [0.2, 0.25) is 0 Å². The van der Waals surface area contributed by atoms with Crippen molar-refractivity contribution in [1.82, 2.24) is 10.3 Å². The molecule has 1 atom stereocenters. The minimum Gasteiger partial charge on any atom is -0.325 e. The van der Waals surface area contributed by atoms with Crippen molar-refractivity contribution in [2.75, 3.05) is 10.6 Å². The van der Waals surface area contributed by atoms with Crippen molar-refractivity contribution in [3.63, 3.8) is 0 Å². The van der Waals surface area contributed by atoms with Gasteiger partial charge in [-0.25, -0.2) is 0 Å². The van der Waals surface area contributed by atoms with Crippen LogP contribution < -0.4 is 16.0 Å². The molecular weight excluding hydrogens is 566 g/mol. The molecule has 1 aromatic heterocycles. The summed E-state index contributed by atoms with van der Waals surface area (Å²) in [6, 6.07) is 23.4. The fourth-order valence-corrected chi connectivity index (χ4v) is 5.03. The highest BCUT2D eigenvalue weighted by Gasteiger charge is 2.20. The number of amides is 3. The van der Waals surface area contributed by atoms with E-state index >= 15 is 0 Å². The molecule has 0 fully saturated rings. The Bertz CT molecular complexity index is 1660. The smallest absolute Gasteiger partial charge is 0.272 e. The number of hydrogen-bond donors (Lipinski definition) is 3. The number of carbonyl (C=O) groups excluding carboxylic acids is 3. The summed E-state index contributed by atoms with van der Waals surface area (Å²) in [7, 11) is 0. The number of anilines is 2. The Balaban J connectivity index is 1.48. The number of rotatable bonds is 11. The van der Waals surface area contributed by atoms with E-state index in [9.17, 15) is 24.5 Å². The number of nitro benzene ring substituents is 1. The summed E-state index contributed by atoms with van der Waals surface area (Å²) in [4.78, 5) is 54.6. The van der Waals surface area contributed by atoms with E-state index in [2.05, 4.69) is 20.9 Å². The number of nitrogens with one attached hydrogen (secondary N) is 3. The molecule has 1 unspecified atom stereocenters. The number of nitrogens with zero attached hydrogens (tertiary/aromatic N) is 2. The number of aromatic nitrogens is 1. The van der Waals surface area contributed by atoms with Gasteiger partial charge in [0.15, 0.2) is 0 Å². The van der Waals surface area contributed by atoms with E-state index in [1.54, 1.807) is 86.1 Å². The number of non-ortho nitro benzene ring substituents is 1. The molecule has 4 aromatic rings. The normalized spacial score (nSPS) is 11.7. The Hall–Kier alpha value is -5.29. The topological polar surface area (TPSA) is 143 Å². The van der Waals surface area contributed by atoms with Gasteiger partial charge in [0.05, 0.1) is 10.2 Å². The van der Waals surface area contributed by atoms with Crippen molar-refractivity contribution in [3.8, 4) is 0 Å². The van der Waals surface area contributed by atoms with Crippen LogP contribution in [0.1, 0.15) is 34.8 Å². The minimum atomic E-state index is -0.534. The highest BCUT2D eigenvalue weighted by Crippen LogP contribution is 2.30. The Morgan fingerprint density at radius 2 is 1.77 bits per heavy atom. The van der Waals surface area contributed by atoms with Crippen molar-refractivity contribution < 1.29 is 19.3 Å². The SMILES string of the molecule is CCC(Sc1cccc(NC(=O)/C(=C/c2cccnc2)NC(=O)c2ccccc2)c1)C(=O)Nc1ccc([N+](=O)[O-])cc1C. The summed E-state index contributed by atoms with van der Waals surface area (Å²) in [5.41, 5.74) is 2.58. The summed E-state index contributed by atoms with van der Waals surface area (Å²) in [5.74, 6) is -1.21. The van der Waals surface area contributed by atoms with Gasteiger partial charge in [-0.2, -0.15) is 0 Å². The van der Waals surface area contributed by atoms with Gasteiger partial charge in [-0.15, -0.1) is 11.8 Å². The van der Waals surface area contributed by atoms with E-state index in [1.807, 2.05) is 13.0 Å². The van der Waals surface area contributed by atoms with Gasteiger partial charge in [0.25, 0.3) is 17.5 Å². The maximum absolute atomic E-state index is 13.4. The summed E-state index contributed by atoms with van der Waals surface area (Å²) in [5, 5.41) is 18.9. The molecule has 3 amide bonds. The second-order valence-electron chi connectivity index (χ2n) is 9.41.